The molecule has 0 aliphatic carbocycles. The van der Waals surface area contributed by atoms with E-state index in [2.05, 4.69) is 5.32 Å². The Morgan fingerprint density at radius 2 is 2.18 bits per heavy atom. The summed E-state index contributed by atoms with van der Waals surface area (Å²) in [5.41, 5.74) is 7.56. The smallest absolute Gasteiger partial charge is 0.0477 e. The van der Waals surface area contributed by atoms with Gasteiger partial charge < -0.3 is 11.1 Å². The highest BCUT2D eigenvalue weighted by Gasteiger charge is 1.97. The third-order valence-corrected chi connectivity index (χ3v) is 2.27. The summed E-state index contributed by atoms with van der Waals surface area (Å²) in [6, 6.07) is 5.85. The number of benzene rings is 1. The van der Waals surface area contributed by atoms with Crippen molar-refractivity contribution in [2.75, 3.05) is 24.4 Å². The van der Waals surface area contributed by atoms with E-state index in [0.717, 1.165) is 11.4 Å². The van der Waals surface area contributed by atoms with Crippen LogP contribution >= 0.6 is 11.8 Å². The first-order valence-corrected chi connectivity index (χ1v) is 4.61. The van der Waals surface area contributed by atoms with Crippen LogP contribution in [0.15, 0.2) is 23.1 Å². The van der Waals surface area contributed by atoms with Gasteiger partial charge in [-0.2, -0.15) is 0 Å². The molecule has 0 spiro atoms. The van der Waals surface area contributed by atoms with Crippen LogP contribution in [0.5, 0.6) is 0 Å². The second-order valence-electron chi connectivity index (χ2n) is 2.21. The van der Waals surface area contributed by atoms with Crippen LogP contribution < -0.4 is 11.1 Å². The van der Waals surface area contributed by atoms with E-state index in [4.69, 9.17) is 5.73 Å². The maximum Gasteiger partial charge on any atom is 0.0477 e. The third-order valence-electron chi connectivity index (χ3n) is 1.49. The molecule has 0 saturated carbocycles. The van der Waals surface area contributed by atoms with Crippen molar-refractivity contribution < 1.29 is 0 Å². The first kappa shape index (κ1) is 8.27. The molecular weight excluding hydrogens is 156 g/mol. The van der Waals surface area contributed by atoms with Crippen molar-refractivity contribution in [2.24, 2.45) is 0 Å². The minimum atomic E-state index is 0.813. The summed E-state index contributed by atoms with van der Waals surface area (Å²) in [7, 11) is 1.91. The molecule has 11 heavy (non-hydrogen) atoms. The second kappa shape index (κ2) is 3.53. The molecule has 0 atom stereocenters. The molecule has 1 rings (SSSR count). The van der Waals surface area contributed by atoms with Gasteiger partial charge in [-0.25, -0.2) is 0 Å². The molecule has 2 nitrogen and oxygen atoms in total. The zero-order chi connectivity index (χ0) is 8.27. The molecule has 0 unspecified atom stereocenters. The molecule has 0 amide bonds. The van der Waals surface area contributed by atoms with Gasteiger partial charge in [0, 0.05) is 23.3 Å². The summed E-state index contributed by atoms with van der Waals surface area (Å²) in [6.07, 6.45) is 2.04. The van der Waals surface area contributed by atoms with Crippen molar-refractivity contribution >= 4 is 23.1 Å². The molecule has 60 valence electrons. The van der Waals surface area contributed by atoms with E-state index in [9.17, 15) is 0 Å². The van der Waals surface area contributed by atoms with E-state index in [-0.39, 0.29) is 0 Å². The van der Waals surface area contributed by atoms with Gasteiger partial charge in [0.2, 0.25) is 0 Å². The highest BCUT2D eigenvalue weighted by molar-refractivity contribution is 7.98. The average Bonchev–Trinajstić information content (AvgIpc) is 2.04. The Kier molecular flexibility index (Phi) is 2.65. The van der Waals surface area contributed by atoms with E-state index < -0.39 is 0 Å². The van der Waals surface area contributed by atoms with Crippen LogP contribution in [-0.2, 0) is 0 Å². The molecular formula is C8H12N2S. The maximum atomic E-state index is 5.62. The normalized spacial score (nSPS) is 9.64. The molecule has 0 radical (unpaired) electrons. The Balaban J connectivity index is 3.06. The van der Waals surface area contributed by atoms with Crippen LogP contribution in [0.25, 0.3) is 0 Å². The Hall–Kier alpha value is -0.830. The first-order valence-electron chi connectivity index (χ1n) is 3.39. The molecule has 0 aliphatic heterocycles. The molecule has 0 fully saturated rings. The lowest BCUT2D eigenvalue weighted by molar-refractivity contribution is 1.39. The van der Waals surface area contributed by atoms with Crippen LogP contribution in [0.1, 0.15) is 0 Å². The fourth-order valence-corrected chi connectivity index (χ4v) is 1.56. The van der Waals surface area contributed by atoms with Gasteiger partial charge in [0.1, 0.15) is 0 Å². The fourth-order valence-electron chi connectivity index (χ4n) is 0.914. The Labute approximate surface area is 71.2 Å². The summed E-state index contributed by atoms with van der Waals surface area (Å²) >= 11 is 1.69. The number of hydrogen-bond acceptors (Lipinski definition) is 3. The summed E-state index contributed by atoms with van der Waals surface area (Å²) in [6.45, 7) is 0. The second-order valence-corrected chi connectivity index (χ2v) is 3.06. The molecule has 0 aliphatic rings. The highest BCUT2D eigenvalue weighted by Crippen LogP contribution is 2.26. The van der Waals surface area contributed by atoms with Crippen molar-refractivity contribution in [1.82, 2.24) is 0 Å². The van der Waals surface area contributed by atoms with Crippen LogP contribution in [0.3, 0.4) is 0 Å². The number of nitrogens with two attached hydrogens (primary N) is 1. The number of rotatable bonds is 2. The molecule has 3 heteroatoms. The van der Waals surface area contributed by atoms with Crippen molar-refractivity contribution in [1.29, 1.82) is 0 Å². The van der Waals surface area contributed by atoms with Gasteiger partial charge >= 0.3 is 0 Å². The largest absolute Gasteiger partial charge is 0.399 e. The molecule has 1 aromatic carbocycles. The highest BCUT2D eigenvalue weighted by atomic mass is 32.2. The van der Waals surface area contributed by atoms with E-state index in [0.29, 0.717) is 0 Å². The van der Waals surface area contributed by atoms with Crippen LogP contribution in [0, 0.1) is 0 Å². The number of nitrogens with one attached hydrogen (secondary N) is 1. The van der Waals surface area contributed by atoms with Crippen LogP contribution in [0.2, 0.25) is 0 Å². The summed E-state index contributed by atoms with van der Waals surface area (Å²) in [5.74, 6) is 0. The van der Waals surface area contributed by atoms with Crippen molar-refractivity contribution in [3.63, 3.8) is 0 Å². The van der Waals surface area contributed by atoms with Crippen molar-refractivity contribution in [3.8, 4) is 0 Å². The summed E-state index contributed by atoms with van der Waals surface area (Å²) < 4.78 is 0. The molecule has 0 heterocycles. The van der Waals surface area contributed by atoms with Crippen LogP contribution in [-0.4, -0.2) is 13.3 Å². The molecule has 1 aromatic rings. The zero-order valence-electron chi connectivity index (χ0n) is 6.72. The number of nitrogen functional groups attached to an aromatic ring is 1. The Morgan fingerprint density at radius 3 is 2.73 bits per heavy atom. The Bertz CT molecular complexity index is 248. The first-order chi connectivity index (χ1) is 5.27. The quantitative estimate of drug-likeness (QED) is 0.524. The van der Waals surface area contributed by atoms with Gasteiger partial charge in [-0.3, -0.25) is 0 Å². The molecule has 0 saturated heterocycles. The van der Waals surface area contributed by atoms with E-state index in [1.165, 1.54) is 4.90 Å². The van der Waals surface area contributed by atoms with Gasteiger partial charge in [0.05, 0.1) is 0 Å². The van der Waals surface area contributed by atoms with E-state index >= 15 is 0 Å². The van der Waals surface area contributed by atoms with Gasteiger partial charge in [-0.15, -0.1) is 11.8 Å². The summed E-state index contributed by atoms with van der Waals surface area (Å²) in [4.78, 5) is 1.19. The fraction of sp³-hybridized carbons (Fsp3) is 0.250. The van der Waals surface area contributed by atoms with Gasteiger partial charge in [-0.1, -0.05) is 0 Å². The topological polar surface area (TPSA) is 38.0 Å². The van der Waals surface area contributed by atoms with Gasteiger partial charge in [0.15, 0.2) is 0 Å². The third kappa shape index (κ3) is 1.80. The van der Waals surface area contributed by atoms with Crippen molar-refractivity contribution in [2.45, 2.75) is 4.90 Å². The van der Waals surface area contributed by atoms with E-state index in [1.54, 1.807) is 11.8 Å². The number of thioether (sulfide) groups is 1. The predicted molar refractivity (Wildman–Crippen MR) is 52.2 cm³/mol. The minimum absolute atomic E-state index is 0.813. The lowest BCUT2D eigenvalue weighted by Crippen LogP contribution is -1.92. The zero-order valence-corrected chi connectivity index (χ0v) is 7.53. The molecule has 0 bridgehead atoms. The number of anilines is 2. The number of hydrogen-bond donors (Lipinski definition) is 2. The predicted octanol–water partition coefficient (Wildman–Crippen LogP) is 2.03. The van der Waals surface area contributed by atoms with E-state index in [1.807, 2.05) is 31.5 Å². The average molecular weight is 168 g/mol. The lowest BCUT2D eigenvalue weighted by Gasteiger charge is -2.06. The van der Waals surface area contributed by atoms with Crippen molar-refractivity contribution in [3.05, 3.63) is 18.2 Å². The minimum Gasteiger partial charge on any atom is -0.399 e. The lowest BCUT2D eigenvalue weighted by atomic mass is 10.3. The van der Waals surface area contributed by atoms with Gasteiger partial charge in [0.25, 0.3) is 0 Å². The monoisotopic (exact) mass is 168 g/mol. The maximum absolute atomic E-state index is 5.62. The summed E-state index contributed by atoms with van der Waals surface area (Å²) in [5, 5.41) is 3.10. The molecule has 3 N–H and O–H groups in total. The standard InChI is InChI=1S/C8H12N2S/c1-10-7-4-3-6(9)5-8(7)11-2/h3-5,10H,9H2,1-2H3. The van der Waals surface area contributed by atoms with Crippen LogP contribution in [0.4, 0.5) is 11.4 Å². The van der Waals surface area contributed by atoms with Gasteiger partial charge in [-0.05, 0) is 24.5 Å². The Morgan fingerprint density at radius 1 is 1.45 bits per heavy atom. The SMILES string of the molecule is CNc1ccc(N)cc1SC. The molecule has 0 aromatic heterocycles.